The summed E-state index contributed by atoms with van der Waals surface area (Å²) in [6.45, 7) is 7.88. The summed E-state index contributed by atoms with van der Waals surface area (Å²) in [4.78, 5) is 19.9. The first-order valence-corrected chi connectivity index (χ1v) is 13.4. The summed E-state index contributed by atoms with van der Waals surface area (Å²) in [5.74, 6) is 2.63. The summed E-state index contributed by atoms with van der Waals surface area (Å²) >= 11 is 0. The number of carbonyl (C=O) groups is 1. The van der Waals surface area contributed by atoms with Crippen molar-refractivity contribution < 1.29 is 14.3 Å². The molecule has 5 rings (SSSR count). The van der Waals surface area contributed by atoms with Crippen molar-refractivity contribution >= 4 is 22.6 Å². The average Bonchev–Trinajstić information content (AvgIpc) is 3.52. The summed E-state index contributed by atoms with van der Waals surface area (Å²) < 4.78 is 13.9. The summed E-state index contributed by atoms with van der Waals surface area (Å²) in [7, 11) is 1.66. The molecule has 0 saturated carbocycles. The SMILES string of the molecule is C=CCc1ccc(OCCCn2c(C3CC(=O)N(c4ccc(CC)cc4)C3)nc3ccccc32)c(OC)c1. The number of fused-ring (bicyclic) bond motifs is 1. The first-order valence-electron chi connectivity index (χ1n) is 13.4. The molecule has 0 spiro atoms. The number of imidazole rings is 1. The largest absolute Gasteiger partial charge is 0.493 e. The van der Waals surface area contributed by atoms with Crippen LogP contribution in [0.5, 0.6) is 11.5 Å². The number of hydrogen-bond acceptors (Lipinski definition) is 4. The van der Waals surface area contributed by atoms with Gasteiger partial charge in [-0.25, -0.2) is 4.98 Å². The third kappa shape index (κ3) is 5.30. The molecule has 0 radical (unpaired) electrons. The van der Waals surface area contributed by atoms with Gasteiger partial charge in [0.15, 0.2) is 11.5 Å². The lowest BCUT2D eigenvalue weighted by molar-refractivity contribution is -0.117. The van der Waals surface area contributed by atoms with Crippen molar-refractivity contribution in [3.05, 3.63) is 96.3 Å². The molecule has 3 aromatic carbocycles. The third-order valence-electron chi connectivity index (χ3n) is 7.22. The predicted molar refractivity (Wildman–Crippen MR) is 152 cm³/mol. The smallest absolute Gasteiger partial charge is 0.227 e. The van der Waals surface area contributed by atoms with Crippen molar-refractivity contribution in [1.29, 1.82) is 0 Å². The zero-order chi connectivity index (χ0) is 26.5. The lowest BCUT2D eigenvalue weighted by atomic mass is 10.1. The number of benzene rings is 3. The number of allylic oxidation sites excluding steroid dienone is 1. The van der Waals surface area contributed by atoms with Gasteiger partial charge in [-0.2, -0.15) is 0 Å². The fourth-order valence-electron chi connectivity index (χ4n) is 5.21. The molecule has 1 aliphatic heterocycles. The van der Waals surface area contributed by atoms with Gasteiger partial charge in [0, 0.05) is 31.1 Å². The molecule has 1 atom stereocenters. The number of rotatable bonds is 11. The molecule has 2 heterocycles. The van der Waals surface area contributed by atoms with E-state index in [1.54, 1.807) is 7.11 Å². The van der Waals surface area contributed by atoms with Gasteiger partial charge in [-0.15, -0.1) is 6.58 Å². The average molecular weight is 510 g/mol. The maximum Gasteiger partial charge on any atom is 0.227 e. The number of para-hydroxylation sites is 2. The molecule has 6 heteroatoms. The fourth-order valence-corrected chi connectivity index (χ4v) is 5.21. The minimum atomic E-state index is 0.0409. The highest BCUT2D eigenvalue weighted by molar-refractivity contribution is 5.96. The van der Waals surface area contributed by atoms with Crippen molar-refractivity contribution in [3.63, 3.8) is 0 Å². The summed E-state index contributed by atoms with van der Waals surface area (Å²) in [6.07, 6.45) is 4.91. The van der Waals surface area contributed by atoms with Gasteiger partial charge in [-0.1, -0.05) is 43.3 Å². The second kappa shape index (κ2) is 11.5. The molecular weight excluding hydrogens is 474 g/mol. The van der Waals surface area contributed by atoms with Gasteiger partial charge in [-0.3, -0.25) is 4.79 Å². The minimum Gasteiger partial charge on any atom is -0.493 e. The molecule has 4 aromatic rings. The van der Waals surface area contributed by atoms with E-state index < -0.39 is 0 Å². The van der Waals surface area contributed by atoms with E-state index in [4.69, 9.17) is 14.5 Å². The van der Waals surface area contributed by atoms with Crippen molar-refractivity contribution in [2.75, 3.05) is 25.2 Å². The van der Waals surface area contributed by atoms with E-state index in [-0.39, 0.29) is 11.8 Å². The van der Waals surface area contributed by atoms with Crippen LogP contribution in [0.1, 0.15) is 42.6 Å². The van der Waals surface area contributed by atoms with E-state index in [0.29, 0.717) is 19.6 Å². The van der Waals surface area contributed by atoms with Crippen LogP contribution < -0.4 is 14.4 Å². The van der Waals surface area contributed by atoms with Crippen LogP contribution in [0.25, 0.3) is 11.0 Å². The number of aromatic nitrogens is 2. The van der Waals surface area contributed by atoms with E-state index in [2.05, 4.69) is 48.4 Å². The first-order chi connectivity index (χ1) is 18.6. The molecule has 6 nitrogen and oxygen atoms in total. The first kappa shape index (κ1) is 25.6. The molecule has 0 aliphatic carbocycles. The molecular formula is C32H35N3O3. The minimum absolute atomic E-state index is 0.0409. The van der Waals surface area contributed by atoms with Crippen LogP contribution in [0.4, 0.5) is 5.69 Å². The van der Waals surface area contributed by atoms with Gasteiger partial charge >= 0.3 is 0 Å². The monoisotopic (exact) mass is 509 g/mol. The van der Waals surface area contributed by atoms with Crippen molar-refractivity contribution in [3.8, 4) is 11.5 Å². The molecule has 38 heavy (non-hydrogen) atoms. The van der Waals surface area contributed by atoms with E-state index in [1.807, 2.05) is 47.4 Å². The number of amides is 1. The van der Waals surface area contributed by atoms with Gasteiger partial charge in [0.25, 0.3) is 0 Å². The second-order valence-electron chi connectivity index (χ2n) is 9.72. The molecule has 1 aliphatic rings. The van der Waals surface area contributed by atoms with Crippen LogP contribution in [0.3, 0.4) is 0 Å². The number of methoxy groups -OCH3 is 1. The Morgan fingerprint density at radius 1 is 1.05 bits per heavy atom. The number of carbonyl (C=O) groups excluding carboxylic acids is 1. The molecule has 196 valence electrons. The van der Waals surface area contributed by atoms with E-state index in [9.17, 15) is 4.79 Å². The Labute approximate surface area is 224 Å². The summed E-state index contributed by atoms with van der Waals surface area (Å²) in [5, 5.41) is 0. The Morgan fingerprint density at radius 3 is 2.61 bits per heavy atom. The van der Waals surface area contributed by atoms with Gasteiger partial charge in [0.2, 0.25) is 5.91 Å². The van der Waals surface area contributed by atoms with Crippen molar-refractivity contribution in [2.24, 2.45) is 0 Å². The number of ether oxygens (including phenoxy) is 2. The highest BCUT2D eigenvalue weighted by Gasteiger charge is 2.34. The summed E-state index contributed by atoms with van der Waals surface area (Å²) in [6, 6.07) is 22.5. The Bertz CT molecular complexity index is 1420. The number of aryl methyl sites for hydroxylation is 2. The molecule has 1 unspecified atom stereocenters. The van der Waals surface area contributed by atoms with Crippen molar-refractivity contribution in [1.82, 2.24) is 9.55 Å². The number of hydrogen-bond donors (Lipinski definition) is 0. The quantitative estimate of drug-likeness (QED) is 0.175. The Morgan fingerprint density at radius 2 is 1.84 bits per heavy atom. The maximum atomic E-state index is 13.0. The van der Waals surface area contributed by atoms with Gasteiger partial charge in [0.05, 0.1) is 24.8 Å². The maximum absolute atomic E-state index is 13.0. The normalized spacial score (nSPS) is 15.3. The van der Waals surface area contributed by atoms with Crippen LogP contribution in [0.15, 0.2) is 79.4 Å². The zero-order valence-electron chi connectivity index (χ0n) is 22.2. The van der Waals surface area contributed by atoms with Crippen LogP contribution in [-0.4, -0.2) is 35.7 Å². The van der Waals surface area contributed by atoms with Crippen LogP contribution >= 0.6 is 0 Å². The molecule has 1 amide bonds. The third-order valence-corrected chi connectivity index (χ3v) is 7.22. The summed E-state index contributed by atoms with van der Waals surface area (Å²) in [5.41, 5.74) is 5.42. The Balaban J connectivity index is 1.31. The Hall–Kier alpha value is -4.06. The fraction of sp³-hybridized carbons (Fsp3) is 0.312. The van der Waals surface area contributed by atoms with E-state index in [0.717, 1.165) is 65.4 Å². The highest BCUT2D eigenvalue weighted by atomic mass is 16.5. The van der Waals surface area contributed by atoms with Crippen LogP contribution in [-0.2, 0) is 24.2 Å². The Kier molecular flexibility index (Phi) is 7.78. The molecule has 0 bridgehead atoms. The molecule has 1 aromatic heterocycles. The molecule has 1 saturated heterocycles. The van der Waals surface area contributed by atoms with E-state index in [1.165, 1.54) is 5.56 Å². The predicted octanol–water partition coefficient (Wildman–Crippen LogP) is 6.33. The number of anilines is 1. The molecule has 0 N–H and O–H groups in total. The second-order valence-corrected chi connectivity index (χ2v) is 9.72. The van der Waals surface area contributed by atoms with Crippen LogP contribution in [0, 0.1) is 0 Å². The standard InChI is InChI=1S/C32H35N3O3/c1-4-9-24-14-17-29(30(20-24)37-3)38-19-8-18-34-28-11-7-6-10-27(28)33-32(34)25-21-31(36)35(22-25)26-15-12-23(5-2)13-16-26/h4,6-7,10-17,20,25H,1,5,8-9,18-19,21-22H2,2-3H3. The van der Waals surface area contributed by atoms with Gasteiger partial charge < -0.3 is 18.9 Å². The number of nitrogens with zero attached hydrogens (tertiary/aromatic N) is 3. The van der Waals surface area contributed by atoms with Gasteiger partial charge in [0.1, 0.15) is 5.82 Å². The van der Waals surface area contributed by atoms with Crippen LogP contribution in [0.2, 0.25) is 0 Å². The lowest BCUT2D eigenvalue weighted by Crippen LogP contribution is -2.24. The van der Waals surface area contributed by atoms with Crippen molar-refractivity contribution in [2.45, 2.75) is 45.1 Å². The molecule has 1 fully saturated rings. The van der Waals surface area contributed by atoms with Gasteiger partial charge in [-0.05, 0) is 66.8 Å². The highest BCUT2D eigenvalue weighted by Crippen LogP contribution is 2.34. The zero-order valence-corrected chi connectivity index (χ0v) is 22.2. The lowest BCUT2D eigenvalue weighted by Gasteiger charge is -2.18. The van der Waals surface area contributed by atoms with E-state index >= 15 is 0 Å². The topological polar surface area (TPSA) is 56.6 Å².